The number of halogens is 1. The van der Waals surface area contributed by atoms with E-state index in [0.717, 1.165) is 17.2 Å². The zero-order chi connectivity index (χ0) is 8.77. The third kappa shape index (κ3) is 1.23. The molecule has 1 unspecified atom stereocenters. The van der Waals surface area contributed by atoms with E-state index in [9.17, 15) is 0 Å². The minimum atomic E-state index is -0.106. The second kappa shape index (κ2) is 2.48. The molecule has 0 bridgehead atoms. The highest BCUT2D eigenvalue weighted by Crippen LogP contribution is 2.41. The summed E-state index contributed by atoms with van der Waals surface area (Å²) in [5.74, 6) is 0. The molecule has 2 rings (SSSR count). The lowest BCUT2D eigenvalue weighted by molar-refractivity contribution is 0.329. The van der Waals surface area contributed by atoms with Crippen molar-refractivity contribution in [1.82, 2.24) is 0 Å². The number of aryl methyl sites for hydroxylation is 1. The summed E-state index contributed by atoms with van der Waals surface area (Å²) < 4.78 is 5.32. The molecular formula is C10H11ClO. The van der Waals surface area contributed by atoms with Crippen LogP contribution in [0.15, 0.2) is 18.2 Å². The summed E-state index contributed by atoms with van der Waals surface area (Å²) in [6.07, 6.45) is 0. The molecule has 1 heterocycles. The summed E-state index contributed by atoms with van der Waals surface area (Å²) >= 11 is 6.07. The predicted molar refractivity (Wildman–Crippen MR) is 49.5 cm³/mol. The van der Waals surface area contributed by atoms with Crippen molar-refractivity contribution in [2.24, 2.45) is 0 Å². The van der Waals surface area contributed by atoms with Gasteiger partial charge in [0.2, 0.25) is 0 Å². The maximum atomic E-state index is 6.07. The van der Waals surface area contributed by atoms with E-state index in [2.05, 4.69) is 13.0 Å². The molecule has 1 atom stereocenters. The van der Waals surface area contributed by atoms with Crippen molar-refractivity contribution in [1.29, 1.82) is 0 Å². The molecule has 1 fully saturated rings. The molecule has 1 aliphatic rings. The van der Waals surface area contributed by atoms with Gasteiger partial charge in [-0.2, -0.15) is 0 Å². The topological polar surface area (TPSA) is 12.5 Å². The summed E-state index contributed by atoms with van der Waals surface area (Å²) in [7, 11) is 0. The number of hydrogen-bond acceptors (Lipinski definition) is 1. The highest BCUT2D eigenvalue weighted by molar-refractivity contribution is 6.31. The minimum Gasteiger partial charge on any atom is -0.365 e. The molecule has 0 N–H and O–H groups in total. The molecule has 0 aromatic heterocycles. The highest BCUT2D eigenvalue weighted by Gasteiger charge is 2.42. The summed E-state index contributed by atoms with van der Waals surface area (Å²) in [4.78, 5) is 0. The fourth-order valence-electron chi connectivity index (χ4n) is 1.31. The van der Waals surface area contributed by atoms with E-state index in [4.69, 9.17) is 16.3 Å². The highest BCUT2D eigenvalue weighted by atomic mass is 35.5. The lowest BCUT2D eigenvalue weighted by Crippen LogP contribution is -2.02. The van der Waals surface area contributed by atoms with Gasteiger partial charge >= 0.3 is 0 Å². The summed E-state index contributed by atoms with van der Waals surface area (Å²) in [6, 6.07) is 6.09. The second-order valence-corrected chi connectivity index (χ2v) is 3.91. The van der Waals surface area contributed by atoms with Crippen LogP contribution in [0.25, 0.3) is 0 Å². The van der Waals surface area contributed by atoms with Gasteiger partial charge in [0, 0.05) is 10.6 Å². The summed E-state index contributed by atoms with van der Waals surface area (Å²) in [5, 5.41) is 0.815. The third-order valence-corrected chi connectivity index (χ3v) is 2.58. The Morgan fingerprint density at radius 3 is 2.67 bits per heavy atom. The van der Waals surface area contributed by atoms with E-state index in [1.54, 1.807) is 0 Å². The van der Waals surface area contributed by atoms with Crippen molar-refractivity contribution in [2.75, 3.05) is 6.61 Å². The Morgan fingerprint density at radius 2 is 2.17 bits per heavy atom. The molecular weight excluding hydrogens is 172 g/mol. The maximum Gasteiger partial charge on any atom is 0.115 e. The van der Waals surface area contributed by atoms with E-state index in [0.29, 0.717) is 0 Å². The van der Waals surface area contributed by atoms with E-state index < -0.39 is 0 Å². The molecule has 1 aromatic rings. The van der Waals surface area contributed by atoms with Gasteiger partial charge in [-0.1, -0.05) is 23.7 Å². The van der Waals surface area contributed by atoms with Crippen molar-refractivity contribution in [3.63, 3.8) is 0 Å². The van der Waals surface area contributed by atoms with Crippen molar-refractivity contribution in [2.45, 2.75) is 19.4 Å². The quantitative estimate of drug-likeness (QED) is 0.609. The van der Waals surface area contributed by atoms with Crippen molar-refractivity contribution in [3.05, 3.63) is 34.3 Å². The first kappa shape index (κ1) is 8.09. The van der Waals surface area contributed by atoms with E-state index in [1.807, 2.05) is 19.1 Å². The smallest absolute Gasteiger partial charge is 0.115 e. The lowest BCUT2D eigenvalue weighted by atomic mass is 10.0. The largest absolute Gasteiger partial charge is 0.365 e. The van der Waals surface area contributed by atoms with Crippen molar-refractivity contribution < 1.29 is 4.74 Å². The van der Waals surface area contributed by atoms with Gasteiger partial charge in [-0.15, -0.1) is 0 Å². The van der Waals surface area contributed by atoms with Crippen molar-refractivity contribution >= 4 is 11.6 Å². The van der Waals surface area contributed by atoms with Gasteiger partial charge in [-0.25, -0.2) is 0 Å². The lowest BCUT2D eigenvalue weighted by Gasteiger charge is -2.08. The summed E-state index contributed by atoms with van der Waals surface area (Å²) in [6.45, 7) is 4.88. The average Bonchev–Trinajstić information content (AvgIpc) is 2.68. The summed E-state index contributed by atoms with van der Waals surface area (Å²) in [5.41, 5.74) is 2.19. The number of rotatable bonds is 1. The van der Waals surface area contributed by atoms with Crippen LogP contribution in [0.1, 0.15) is 18.1 Å². The first-order valence-electron chi connectivity index (χ1n) is 4.02. The Bertz CT molecular complexity index is 316. The molecule has 1 aromatic carbocycles. The molecule has 12 heavy (non-hydrogen) atoms. The van der Waals surface area contributed by atoms with Crippen LogP contribution in [-0.2, 0) is 10.3 Å². The van der Waals surface area contributed by atoms with Crippen LogP contribution < -0.4 is 0 Å². The minimum absolute atomic E-state index is 0.106. The predicted octanol–water partition coefficient (Wildman–Crippen LogP) is 2.89. The van der Waals surface area contributed by atoms with E-state index >= 15 is 0 Å². The van der Waals surface area contributed by atoms with Gasteiger partial charge in [0.05, 0.1) is 6.61 Å². The average molecular weight is 183 g/mol. The SMILES string of the molecule is Cc1ccc(C2(C)CO2)c(Cl)c1. The molecule has 2 heteroatoms. The normalized spacial score (nSPS) is 27.2. The zero-order valence-electron chi connectivity index (χ0n) is 7.23. The standard InChI is InChI=1S/C10H11ClO/c1-7-3-4-8(9(11)5-7)10(2)6-12-10/h3-5H,6H2,1-2H3. The number of hydrogen-bond donors (Lipinski definition) is 0. The first-order chi connectivity index (χ1) is 5.62. The van der Waals surface area contributed by atoms with E-state index in [1.165, 1.54) is 5.56 Å². The third-order valence-electron chi connectivity index (χ3n) is 2.27. The van der Waals surface area contributed by atoms with Gasteiger partial charge in [-0.05, 0) is 25.5 Å². The second-order valence-electron chi connectivity index (χ2n) is 3.50. The van der Waals surface area contributed by atoms with Gasteiger partial charge in [0.15, 0.2) is 0 Å². The van der Waals surface area contributed by atoms with E-state index in [-0.39, 0.29) is 5.60 Å². The first-order valence-corrected chi connectivity index (χ1v) is 4.40. The van der Waals surface area contributed by atoms with Gasteiger partial charge in [-0.3, -0.25) is 0 Å². The van der Waals surface area contributed by atoms with Crippen LogP contribution in [0, 0.1) is 6.92 Å². The molecule has 0 spiro atoms. The Kier molecular flexibility index (Phi) is 1.67. The van der Waals surface area contributed by atoms with Crippen LogP contribution in [0.4, 0.5) is 0 Å². The monoisotopic (exact) mass is 182 g/mol. The Morgan fingerprint density at radius 1 is 1.50 bits per heavy atom. The molecule has 0 aliphatic carbocycles. The van der Waals surface area contributed by atoms with Gasteiger partial charge in [0.1, 0.15) is 5.60 Å². The molecule has 64 valence electrons. The van der Waals surface area contributed by atoms with Crippen LogP contribution in [0.3, 0.4) is 0 Å². The van der Waals surface area contributed by atoms with Crippen LogP contribution in [0.2, 0.25) is 5.02 Å². The molecule has 1 nitrogen and oxygen atoms in total. The Balaban J connectivity index is 2.45. The van der Waals surface area contributed by atoms with Gasteiger partial charge < -0.3 is 4.74 Å². The molecule has 1 saturated heterocycles. The van der Waals surface area contributed by atoms with Gasteiger partial charge in [0.25, 0.3) is 0 Å². The van der Waals surface area contributed by atoms with Crippen LogP contribution in [0.5, 0.6) is 0 Å². The van der Waals surface area contributed by atoms with Crippen LogP contribution >= 0.6 is 11.6 Å². The molecule has 0 saturated carbocycles. The zero-order valence-corrected chi connectivity index (χ0v) is 7.98. The Labute approximate surface area is 77.3 Å². The molecule has 1 aliphatic heterocycles. The Hall–Kier alpha value is -0.530. The fraction of sp³-hybridized carbons (Fsp3) is 0.400. The number of epoxide rings is 1. The maximum absolute atomic E-state index is 6.07. The number of benzene rings is 1. The fourth-order valence-corrected chi connectivity index (χ4v) is 1.75. The van der Waals surface area contributed by atoms with Crippen LogP contribution in [-0.4, -0.2) is 6.61 Å². The number of ether oxygens (including phenoxy) is 1. The molecule has 0 radical (unpaired) electrons. The van der Waals surface area contributed by atoms with Crippen molar-refractivity contribution in [3.8, 4) is 0 Å². The molecule has 0 amide bonds.